The van der Waals surface area contributed by atoms with Gasteiger partial charge in [-0.3, -0.25) is 0 Å². The monoisotopic (exact) mass is 367 g/mol. The third kappa shape index (κ3) is 4.98. The molecule has 0 bridgehead atoms. The van der Waals surface area contributed by atoms with Crippen LogP contribution in [-0.4, -0.2) is 32.4 Å². The number of ether oxygens (including phenoxy) is 1. The van der Waals surface area contributed by atoms with Crippen LogP contribution in [-0.2, 0) is 10.0 Å². The number of nitrogens with zero attached hydrogens (tertiary/aromatic N) is 1. The summed E-state index contributed by atoms with van der Waals surface area (Å²) in [6.07, 6.45) is 3.17. The molecule has 1 aliphatic rings. The largest absolute Gasteiger partial charge is 0.493 e. The van der Waals surface area contributed by atoms with Gasteiger partial charge in [0.2, 0.25) is 10.0 Å². The molecule has 0 N–H and O–H groups in total. The maximum absolute atomic E-state index is 13.1. The first-order valence-corrected chi connectivity index (χ1v) is 11.0. The fraction of sp³-hybridized carbons (Fsp3) is 0.700. The van der Waals surface area contributed by atoms with Crippen molar-refractivity contribution in [2.45, 2.75) is 64.7 Å². The van der Waals surface area contributed by atoms with E-state index in [0.717, 1.165) is 30.6 Å². The molecule has 0 amide bonds. The molecular formula is C20H33NO3S. The summed E-state index contributed by atoms with van der Waals surface area (Å²) in [6.45, 7) is 12.4. The van der Waals surface area contributed by atoms with Crippen LogP contribution < -0.4 is 4.74 Å². The minimum Gasteiger partial charge on any atom is -0.493 e. The van der Waals surface area contributed by atoms with Gasteiger partial charge in [-0.2, -0.15) is 4.31 Å². The second-order valence-corrected chi connectivity index (χ2v) is 9.76. The first kappa shape index (κ1) is 20.2. The van der Waals surface area contributed by atoms with Crippen molar-refractivity contribution in [1.82, 2.24) is 4.31 Å². The highest BCUT2D eigenvalue weighted by Gasteiger charge is 2.32. The van der Waals surface area contributed by atoms with Gasteiger partial charge in [0.15, 0.2) is 0 Å². The van der Waals surface area contributed by atoms with E-state index in [1.807, 2.05) is 12.1 Å². The van der Waals surface area contributed by atoms with Gasteiger partial charge in [0.25, 0.3) is 0 Å². The summed E-state index contributed by atoms with van der Waals surface area (Å²) < 4.78 is 33.8. The van der Waals surface area contributed by atoms with Crippen LogP contribution in [0.25, 0.3) is 0 Å². The molecule has 1 saturated heterocycles. The van der Waals surface area contributed by atoms with Crippen LogP contribution >= 0.6 is 0 Å². The maximum Gasteiger partial charge on any atom is 0.243 e. The molecule has 0 saturated carbocycles. The Morgan fingerprint density at radius 2 is 1.84 bits per heavy atom. The van der Waals surface area contributed by atoms with Crippen LogP contribution in [0.2, 0.25) is 0 Å². The van der Waals surface area contributed by atoms with Gasteiger partial charge in [0, 0.05) is 13.1 Å². The molecule has 0 spiro atoms. The summed E-state index contributed by atoms with van der Waals surface area (Å²) in [5.41, 5.74) is 0.968. The summed E-state index contributed by atoms with van der Waals surface area (Å²) >= 11 is 0. The minimum atomic E-state index is -3.45. The summed E-state index contributed by atoms with van der Waals surface area (Å²) in [4.78, 5) is 0.389. The van der Waals surface area contributed by atoms with Gasteiger partial charge < -0.3 is 4.74 Å². The molecule has 5 heteroatoms. The van der Waals surface area contributed by atoms with E-state index < -0.39 is 10.0 Å². The molecule has 1 heterocycles. The van der Waals surface area contributed by atoms with Crippen molar-refractivity contribution < 1.29 is 13.2 Å². The average molecular weight is 368 g/mol. The summed E-state index contributed by atoms with van der Waals surface area (Å²) in [6, 6.07) is 5.34. The molecule has 4 nitrogen and oxygen atoms in total. The molecule has 2 atom stereocenters. The normalized spacial score (nSPS) is 22.3. The van der Waals surface area contributed by atoms with Crippen LogP contribution in [0.1, 0.15) is 65.4 Å². The Kier molecular flexibility index (Phi) is 6.92. The van der Waals surface area contributed by atoms with Gasteiger partial charge in [-0.25, -0.2) is 8.42 Å². The van der Waals surface area contributed by atoms with Crippen molar-refractivity contribution in [2.75, 3.05) is 19.7 Å². The van der Waals surface area contributed by atoms with Crippen LogP contribution in [0.15, 0.2) is 23.1 Å². The lowest BCUT2D eigenvalue weighted by Gasteiger charge is -2.34. The SMILES string of the molecule is CCCCOc1ccc(S(=O)(=O)N2C[C@@H](C)C[C@H](C)C2)cc1C(C)C. The Morgan fingerprint density at radius 1 is 1.20 bits per heavy atom. The number of hydrogen-bond acceptors (Lipinski definition) is 3. The van der Waals surface area contributed by atoms with Crippen molar-refractivity contribution in [1.29, 1.82) is 0 Å². The van der Waals surface area contributed by atoms with E-state index in [4.69, 9.17) is 4.74 Å². The van der Waals surface area contributed by atoms with E-state index in [0.29, 0.717) is 36.4 Å². The highest BCUT2D eigenvalue weighted by atomic mass is 32.2. The van der Waals surface area contributed by atoms with E-state index in [2.05, 4.69) is 34.6 Å². The number of benzene rings is 1. The number of sulfonamides is 1. The first-order chi connectivity index (χ1) is 11.8. The number of rotatable bonds is 7. The zero-order valence-corrected chi connectivity index (χ0v) is 17.1. The highest BCUT2D eigenvalue weighted by molar-refractivity contribution is 7.89. The molecular weight excluding hydrogens is 334 g/mol. The third-order valence-corrected chi connectivity index (χ3v) is 6.66. The summed E-state index contributed by atoms with van der Waals surface area (Å²) in [7, 11) is -3.45. The predicted molar refractivity (Wildman–Crippen MR) is 103 cm³/mol. The molecule has 0 radical (unpaired) electrons. The van der Waals surface area contributed by atoms with Crippen molar-refractivity contribution in [3.05, 3.63) is 23.8 Å². The minimum absolute atomic E-state index is 0.214. The van der Waals surface area contributed by atoms with Gasteiger partial charge >= 0.3 is 0 Å². The van der Waals surface area contributed by atoms with Crippen LogP contribution in [0.3, 0.4) is 0 Å². The molecule has 1 aromatic carbocycles. The molecule has 0 aliphatic carbocycles. The molecule has 25 heavy (non-hydrogen) atoms. The van der Waals surface area contributed by atoms with Gasteiger partial charge in [0.05, 0.1) is 11.5 Å². The van der Waals surface area contributed by atoms with E-state index in [1.165, 1.54) is 0 Å². The Hall–Kier alpha value is -1.07. The quantitative estimate of drug-likeness (QED) is 0.659. The second-order valence-electron chi connectivity index (χ2n) is 7.82. The van der Waals surface area contributed by atoms with E-state index >= 15 is 0 Å². The molecule has 1 aliphatic heterocycles. The second kappa shape index (κ2) is 8.54. The fourth-order valence-corrected chi connectivity index (χ4v) is 5.26. The number of piperidine rings is 1. The molecule has 0 unspecified atom stereocenters. The Labute approximate surface area is 153 Å². The standard InChI is InChI=1S/C20H33NO3S/c1-6-7-10-24-20-9-8-18(12-19(20)15(2)3)25(22,23)21-13-16(4)11-17(5)14-21/h8-9,12,15-17H,6-7,10-11,13-14H2,1-5H3/t16-,17-/m0/s1. The van der Waals surface area contributed by atoms with E-state index in [-0.39, 0.29) is 5.92 Å². The Balaban J connectivity index is 2.30. The average Bonchev–Trinajstić information content (AvgIpc) is 2.54. The van der Waals surface area contributed by atoms with Crippen LogP contribution in [0.4, 0.5) is 0 Å². The van der Waals surface area contributed by atoms with Gasteiger partial charge in [0.1, 0.15) is 5.75 Å². The topological polar surface area (TPSA) is 46.6 Å². The van der Waals surface area contributed by atoms with Gasteiger partial charge in [-0.1, -0.05) is 41.0 Å². The van der Waals surface area contributed by atoms with E-state index in [1.54, 1.807) is 10.4 Å². The van der Waals surface area contributed by atoms with Crippen molar-refractivity contribution in [2.24, 2.45) is 11.8 Å². The van der Waals surface area contributed by atoms with Crippen molar-refractivity contribution in [3.63, 3.8) is 0 Å². The van der Waals surface area contributed by atoms with Crippen molar-refractivity contribution in [3.8, 4) is 5.75 Å². The smallest absolute Gasteiger partial charge is 0.243 e. The first-order valence-electron chi connectivity index (χ1n) is 9.52. The number of hydrogen-bond donors (Lipinski definition) is 0. The zero-order chi connectivity index (χ0) is 18.6. The zero-order valence-electron chi connectivity index (χ0n) is 16.3. The third-order valence-electron chi connectivity index (χ3n) is 4.83. The highest BCUT2D eigenvalue weighted by Crippen LogP contribution is 2.32. The lowest BCUT2D eigenvalue weighted by atomic mass is 9.94. The van der Waals surface area contributed by atoms with Gasteiger partial charge in [-0.05, 0) is 54.4 Å². The van der Waals surface area contributed by atoms with Crippen LogP contribution in [0, 0.1) is 11.8 Å². The predicted octanol–water partition coefficient (Wildman–Crippen LogP) is 4.66. The fourth-order valence-electron chi connectivity index (χ4n) is 3.55. The molecule has 1 aromatic rings. The summed E-state index contributed by atoms with van der Waals surface area (Å²) in [5, 5.41) is 0. The molecule has 0 aromatic heterocycles. The van der Waals surface area contributed by atoms with E-state index in [9.17, 15) is 8.42 Å². The Morgan fingerprint density at radius 3 is 2.40 bits per heavy atom. The molecule has 142 valence electrons. The summed E-state index contributed by atoms with van der Waals surface area (Å²) in [5.74, 6) is 1.83. The Bertz CT molecular complexity index is 660. The van der Waals surface area contributed by atoms with Crippen LogP contribution in [0.5, 0.6) is 5.75 Å². The lowest BCUT2D eigenvalue weighted by Crippen LogP contribution is -2.42. The number of unbranched alkanes of at least 4 members (excludes halogenated alkanes) is 1. The molecule has 1 fully saturated rings. The lowest BCUT2D eigenvalue weighted by molar-refractivity contribution is 0.222. The van der Waals surface area contributed by atoms with Crippen molar-refractivity contribution >= 4 is 10.0 Å². The maximum atomic E-state index is 13.1. The van der Waals surface area contributed by atoms with Gasteiger partial charge in [-0.15, -0.1) is 0 Å². The molecule has 2 rings (SSSR count).